The first-order valence-corrected chi connectivity index (χ1v) is 14.4. The lowest BCUT2D eigenvalue weighted by Gasteiger charge is -2.16. The third kappa shape index (κ3) is 8.10. The molecule has 0 saturated heterocycles. The molecular weight excluding hydrogens is 643 g/mol. The van der Waals surface area contributed by atoms with E-state index >= 15 is 0 Å². The Morgan fingerprint density at radius 2 is 1.47 bits per heavy atom. The molecule has 0 bridgehead atoms. The van der Waals surface area contributed by atoms with E-state index in [1.54, 1.807) is 37.3 Å². The van der Waals surface area contributed by atoms with Crippen molar-refractivity contribution in [1.29, 1.82) is 0 Å². The van der Waals surface area contributed by atoms with Gasteiger partial charge in [0.1, 0.15) is 30.0 Å². The molecular formula is C26H20Cl2N6O7S2. The van der Waals surface area contributed by atoms with Crippen molar-refractivity contribution in [3.8, 4) is 22.5 Å². The van der Waals surface area contributed by atoms with Crippen LogP contribution in [0.3, 0.4) is 0 Å². The van der Waals surface area contributed by atoms with Crippen molar-refractivity contribution >= 4 is 70.2 Å². The second kappa shape index (κ2) is 14.6. The minimum absolute atomic E-state index is 0.00667. The molecule has 0 fully saturated rings. The second-order valence-electron chi connectivity index (χ2n) is 8.37. The zero-order chi connectivity index (χ0) is 30.9. The topological polar surface area (TPSA) is 193 Å². The maximum Gasteiger partial charge on any atom is 0.360 e. The zero-order valence-corrected chi connectivity index (χ0v) is 25.1. The monoisotopic (exact) mass is 662 g/mol. The Labute approximate surface area is 261 Å². The molecule has 5 aromatic rings. The summed E-state index contributed by atoms with van der Waals surface area (Å²) < 4.78 is 30.7. The first-order chi connectivity index (χ1) is 20.7. The van der Waals surface area contributed by atoms with E-state index in [2.05, 4.69) is 22.8 Å². The van der Waals surface area contributed by atoms with Gasteiger partial charge in [-0.3, -0.25) is 14.4 Å². The highest BCUT2D eigenvalue weighted by molar-refractivity contribution is 6.99. The summed E-state index contributed by atoms with van der Waals surface area (Å²) in [5.74, 6) is -3.19. The number of halogens is 2. The van der Waals surface area contributed by atoms with E-state index < -0.39 is 29.6 Å². The van der Waals surface area contributed by atoms with Gasteiger partial charge in [-0.1, -0.05) is 30.3 Å². The van der Waals surface area contributed by atoms with Crippen LogP contribution in [0, 0.1) is 0 Å². The highest BCUT2D eigenvalue weighted by Gasteiger charge is 2.28. The number of ketones is 1. The van der Waals surface area contributed by atoms with Crippen LogP contribution in [0.4, 0.5) is 0 Å². The Hall–Kier alpha value is -4.44. The van der Waals surface area contributed by atoms with E-state index in [4.69, 9.17) is 42.5 Å². The van der Waals surface area contributed by atoms with Crippen molar-refractivity contribution in [2.75, 3.05) is 6.61 Å². The van der Waals surface area contributed by atoms with Gasteiger partial charge in [0.2, 0.25) is 5.78 Å². The number of furan rings is 2. The smallest absolute Gasteiger partial charge is 0.360 e. The molecule has 1 aromatic carbocycles. The number of primary amides is 1. The van der Waals surface area contributed by atoms with Crippen molar-refractivity contribution < 1.29 is 32.7 Å². The van der Waals surface area contributed by atoms with E-state index in [9.17, 15) is 19.2 Å². The van der Waals surface area contributed by atoms with Crippen LogP contribution in [0.25, 0.3) is 22.5 Å². The number of nitrogens with two attached hydrogens (primary N) is 1. The van der Waals surface area contributed by atoms with E-state index in [1.807, 2.05) is 6.07 Å². The molecule has 0 aliphatic carbocycles. The molecule has 1 atom stereocenters. The Morgan fingerprint density at radius 1 is 0.907 bits per heavy atom. The Balaban J connectivity index is 0.000000225. The number of hydrogen-bond acceptors (Lipinski definition) is 13. The number of esters is 1. The van der Waals surface area contributed by atoms with Crippen LogP contribution < -0.4 is 11.1 Å². The number of carbonyl (C=O) groups is 4. The first kappa shape index (κ1) is 31.5. The van der Waals surface area contributed by atoms with E-state index in [0.717, 1.165) is 29.0 Å². The molecule has 17 heteroatoms. The predicted octanol–water partition coefficient (Wildman–Crippen LogP) is 4.48. The number of amides is 2. The van der Waals surface area contributed by atoms with Crippen LogP contribution in [0.5, 0.6) is 0 Å². The van der Waals surface area contributed by atoms with Crippen LogP contribution >= 0.6 is 46.7 Å². The largest absolute Gasteiger partial charge is 0.461 e. The predicted molar refractivity (Wildman–Crippen MR) is 157 cm³/mol. The number of carbonyl (C=O) groups excluding carboxylic acids is 4. The normalized spacial score (nSPS) is 11.2. The highest BCUT2D eigenvalue weighted by atomic mass is 35.5. The fraction of sp³-hybridized carbons (Fsp3) is 0.154. The third-order valence-corrected chi connectivity index (χ3v) is 6.94. The Bertz CT molecular complexity index is 1730. The molecule has 0 radical (unpaired) electrons. The summed E-state index contributed by atoms with van der Waals surface area (Å²) in [6, 6.07) is 10.9. The average molecular weight is 664 g/mol. The van der Waals surface area contributed by atoms with E-state index in [1.165, 1.54) is 18.6 Å². The molecule has 222 valence electrons. The van der Waals surface area contributed by atoms with Gasteiger partial charge in [-0.15, -0.1) is 0 Å². The number of rotatable bonds is 10. The fourth-order valence-corrected chi connectivity index (χ4v) is 5.01. The van der Waals surface area contributed by atoms with Crippen molar-refractivity contribution in [3.05, 3.63) is 82.4 Å². The van der Waals surface area contributed by atoms with E-state index in [0.29, 0.717) is 23.4 Å². The molecule has 13 nitrogen and oxygen atoms in total. The number of hydrogen-bond donors (Lipinski definition) is 2. The van der Waals surface area contributed by atoms with Crippen molar-refractivity contribution in [1.82, 2.24) is 22.8 Å². The Morgan fingerprint density at radius 3 is 1.98 bits per heavy atom. The highest BCUT2D eigenvalue weighted by Crippen LogP contribution is 2.27. The summed E-state index contributed by atoms with van der Waals surface area (Å²) >= 11 is 13.2. The number of nitrogens with one attached hydrogen (secondary N) is 1. The number of Topliss-reactive ketones (excluding diaryl/α,β-unsaturated/α-hetero) is 1. The van der Waals surface area contributed by atoms with Gasteiger partial charge >= 0.3 is 5.97 Å². The molecule has 43 heavy (non-hydrogen) atoms. The van der Waals surface area contributed by atoms with Crippen molar-refractivity contribution in [2.24, 2.45) is 5.73 Å². The molecule has 3 N–H and O–H groups in total. The number of nitrogens with zero attached hydrogens (tertiary/aromatic N) is 4. The third-order valence-electron chi connectivity index (χ3n) is 5.49. The summed E-state index contributed by atoms with van der Waals surface area (Å²) in [4.78, 5) is 47.7. The van der Waals surface area contributed by atoms with Crippen LogP contribution in [-0.2, 0) is 20.7 Å². The van der Waals surface area contributed by atoms with Gasteiger partial charge in [0.25, 0.3) is 11.8 Å². The van der Waals surface area contributed by atoms with Crippen LogP contribution in [0.2, 0.25) is 10.4 Å². The number of ether oxygens (including phenoxy) is 1. The van der Waals surface area contributed by atoms with Gasteiger partial charge in [0, 0.05) is 29.7 Å². The summed E-state index contributed by atoms with van der Waals surface area (Å²) in [5, 5.41) is 2.89. The van der Waals surface area contributed by atoms with Crippen LogP contribution in [0.15, 0.2) is 63.8 Å². The van der Waals surface area contributed by atoms with Crippen molar-refractivity contribution in [2.45, 2.75) is 19.4 Å². The standard InChI is InChI=1S/C17H13ClN4O4S.C9H7ClN2O3S/c18-12-7-10(8-26-12)13-14(22-27-21-13)17(25)20-11(15(23)16(19)24)6-9-4-2-1-3-5-9;1-2-14-9(13)8-7(11-16-12-8)5-3-6(10)15-4-5/h1-5,7-8,11H,6H2,(H2,19,24)(H,20,25);3-4H,2H2,1H3. The lowest BCUT2D eigenvalue weighted by Crippen LogP contribution is -2.47. The number of aromatic nitrogens is 4. The zero-order valence-electron chi connectivity index (χ0n) is 22.0. The minimum Gasteiger partial charge on any atom is -0.461 e. The van der Waals surface area contributed by atoms with Gasteiger partial charge in [-0.2, -0.15) is 17.5 Å². The summed E-state index contributed by atoms with van der Waals surface area (Å²) in [7, 11) is 0. The molecule has 2 amide bonds. The van der Waals surface area contributed by atoms with Gasteiger partial charge in [-0.25, -0.2) is 4.79 Å². The van der Waals surface area contributed by atoms with Crippen LogP contribution in [-0.4, -0.2) is 53.7 Å². The quantitative estimate of drug-likeness (QED) is 0.158. The molecule has 4 aromatic heterocycles. The number of benzene rings is 1. The molecule has 1 unspecified atom stereocenters. The lowest BCUT2D eigenvalue weighted by atomic mass is 10.0. The summed E-state index contributed by atoms with van der Waals surface area (Å²) in [5.41, 5.74) is 7.83. The minimum atomic E-state index is -1.13. The van der Waals surface area contributed by atoms with Gasteiger partial charge in [0.05, 0.1) is 30.1 Å². The van der Waals surface area contributed by atoms with E-state index in [-0.39, 0.29) is 33.9 Å². The molecule has 5 rings (SSSR count). The Kier molecular flexibility index (Phi) is 10.7. The first-order valence-electron chi connectivity index (χ1n) is 12.2. The summed E-state index contributed by atoms with van der Waals surface area (Å²) in [6.45, 7) is 2.02. The summed E-state index contributed by atoms with van der Waals surface area (Å²) in [6.07, 6.45) is 2.87. The maximum atomic E-state index is 12.7. The fourth-order valence-electron chi connectivity index (χ4n) is 3.56. The lowest BCUT2D eigenvalue weighted by molar-refractivity contribution is -0.137. The van der Waals surface area contributed by atoms with Crippen molar-refractivity contribution in [3.63, 3.8) is 0 Å². The molecule has 0 saturated carbocycles. The van der Waals surface area contributed by atoms with Crippen LogP contribution in [0.1, 0.15) is 33.5 Å². The molecule has 0 aliphatic heterocycles. The van der Waals surface area contributed by atoms with Gasteiger partial charge < -0.3 is 24.6 Å². The second-order valence-corrected chi connectivity index (χ2v) is 10.2. The van der Waals surface area contributed by atoms with Gasteiger partial charge in [0.15, 0.2) is 21.8 Å². The maximum absolute atomic E-state index is 12.7. The molecule has 0 aliphatic rings. The molecule has 0 spiro atoms. The molecule has 4 heterocycles. The average Bonchev–Trinajstić information content (AvgIpc) is 3.80. The SMILES string of the molecule is CCOC(=O)c1nsnc1-c1coc(Cl)c1.NC(=O)C(=O)C(Cc1ccccc1)NC(=O)c1nsnc1-c1coc(Cl)c1. The van der Waals surface area contributed by atoms with Gasteiger partial charge in [-0.05, 0) is 35.7 Å².